The fourth-order valence-corrected chi connectivity index (χ4v) is 6.06. The standard InChI is InChI=1S/C21H36F9P/c22-19(23,24)13-7-1-4-10-16-31(17-11-5-2-8-14-20(25,26)27)18-12-6-3-9-15-21(28,29)30/h1-18H2. The van der Waals surface area contributed by atoms with Gasteiger partial charge in [-0.3, -0.25) is 0 Å². The van der Waals surface area contributed by atoms with Crippen molar-refractivity contribution in [2.75, 3.05) is 18.5 Å². The predicted molar refractivity (Wildman–Crippen MR) is 109 cm³/mol. The topological polar surface area (TPSA) is 0 Å². The van der Waals surface area contributed by atoms with Crippen LogP contribution >= 0.6 is 7.92 Å². The molecule has 0 radical (unpaired) electrons. The lowest BCUT2D eigenvalue weighted by Gasteiger charge is -2.18. The molecule has 0 heterocycles. The summed E-state index contributed by atoms with van der Waals surface area (Å²) < 4.78 is 109. The van der Waals surface area contributed by atoms with Crippen LogP contribution in [-0.4, -0.2) is 37.0 Å². The van der Waals surface area contributed by atoms with Crippen LogP contribution in [0.2, 0.25) is 0 Å². The molecule has 0 saturated carbocycles. The molecule has 0 aliphatic carbocycles. The maximum absolute atomic E-state index is 12.2. The molecule has 188 valence electrons. The average Bonchev–Trinajstić information content (AvgIpc) is 2.60. The van der Waals surface area contributed by atoms with Crippen molar-refractivity contribution in [2.45, 2.75) is 115 Å². The highest BCUT2D eigenvalue weighted by Crippen LogP contribution is 2.40. The highest BCUT2D eigenvalue weighted by atomic mass is 31.1. The molecule has 0 aromatic carbocycles. The van der Waals surface area contributed by atoms with E-state index in [0.29, 0.717) is 19.3 Å². The summed E-state index contributed by atoms with van der Waals surface area (Å²) in [5.41, 5.74) is 0. The molecule has 10 heteroatoms. The molecule has 31 heavy (non-hydrogen) atoms. The van der Waals surface area contributed by atoms with E-state index in [1.54, 1.807) is 0 Å². The Balaban J connectivity index is 4.06. The van der Waals surface area contributed by atoms with Crippen molar-refractivity contribution < 1.29 is 39.5 Å². The molecule has 0 aliphatic heterocycles. The van der Waals surface area contributed by atoms with E-state index in [0.717, 1.165) is 57.0 Å². The molecular weight excluding hydrogens is 454 g/mol. The number of alkyl halides is 9. The minimum atomic E-state index is -4.12. The zero-order chi connectivity index (χ0) is 23.8. The van der Waals surface area contributed by atoms with Gasteiger partial charge in [-0.05, 0) is 57.0 Å². The van der Waals surface area contributed by atoms with E-state index in [4.69, 9.17) is 0 Å². The van der Waals surface area contributed by atoms with Gasteiger partial charge in [0.2, 0.25) is 0 Å². The van der Waals surface area contributed by atoms with E-state index in [1.807, 2.05) is 0 Å². The third kappa shape index (κ3) is 25.9. The SMILES string of the molecule is FC(F)(F)CCCCCCP(CCCCCCC(F)(F)F)CCCCCCC(F)(F)F. The van der Waals surface area contributed by atoms with E-state index in [1.165, 1.54) is 0 Å². The van der Waals surface area contributed by atoms with Gasteiger partial charge < -0.3 is 0 Å². The smallest absolute Gasteiger partial charge is 0.171 e. The van der Waals surface area contributed by atoms with Crippen molar-refractivity contribution in [3.63, 3.8) is 0 Å². The Kier molecular flexibility index (Phi) is 16.3. The Labute approximate surface area is 181 Å². The van der Waals surface area contributed by atoms with Gasteiger partial charge in [-0.25, -0.2) is 0 Å². The zero-order valence-corrected chi connectivity index (χ0v) is 19.0. The van der Waals surface area contributed by atoms with E-state index in [9.17, 15) is 39.5 Å². The zero-order valence-electron chi connectivity index (χ0n) is 18.1. The van der Waals surface area contributed by atoms with Gasteiger partial charge in [-0.15, -0.1) is 7.92 Å². The van der Waals surface area contributed by atoms with E-state index >= 15 is 0 Å². The maximum atomic E-state index is 12.2. The van der Waals surface area contributed by atoms with Crippen LogP contribution < -0.4 is 0 Å². The Hall–Kier alpha value is -0.200. The Morgan fingerprint density at radius 3 is 0.774 bits per heavy atom. The van der Waals surface area contributed by atoms with Gasteiger partial charge in [0, 0.05) is 19.3 Å². The molecular formula is C21H36F9P. The maximum Gasteiger partial charge on any atom is 0.389 e. The van der Waals surface area contributed by atoms with Crippen molar-refractivity contribution in [1.29, 1.82) is 0 Å². The van der Waals surface area contributed by atoms with Gasteiger partial charge in [0.25, 0.3) is 0 Å². The molecule has 0 aliphatic rings. The number of hydrogen-bond donors (Lipinski definition) is 0. The predicted octanol–water partition coefficient (Wildman–Crippen LogP) is 10.0. The number of hydrogen-bond acceptors (Lipinski definition) is 0. The molecule has 0 aromatic rings. The molecule has 0 unspecified atom stereocenters. The first-order chi connectivity index (χ1) is 14.3. The van der Waals surface area contributed by atoms with Crippen LogP contribution in [0.25, 0.3) is 0 Å². The van der Waals surface area contributed by atoms with Gasteiger partial charge in [0.15, 0.2) is 0 Å². The summed E-state index contributed by atoms with van der Waals surface area (Å²) in [5, 5.41) is 0. The van der Waals surface area contributed by atoms with Gasteiger partial charge in [-0.2, -0.15) is 39.5 Å². The second-order valence-corrected chi connectivity index (χ2v) is 10.9. The third-order valence-corrected chi connectivity index (χ3v) is 7.90. The van der Waals surface area contributed by atoms with Crippen molar-refractivity contribution in [3.8, 4) is 0 Å². The van der Waals surface area contributed by atoms with Gasteiger partial charge in [-0.1, -0.05) is 38.5 Å². The number of unbranched alkanes of at least 4 members (excludes halogenated alkanes) is 9. The number of rotatable bonds is 18. The highest BCUT2D eigenvalue weighted by Gasteiger charge is 2.27. The lowest BCUT2D eigenvalue weighted by molar-refractivity contribution is -0.136. The quantitative estimate of drug-likeness (QED) is 0.102. The summed E-state index contributed by atoms with van der Waals surface area (Å²) in [6.45, 7) is 0. The first-order valence-corrected chi connectivity index (χ1v) is 13.1. The lowest BCUT2D eigenvalue weighted by Crippen LogP contribution is -2.06. The minimum absolute atomic E-state index is 0.125. The van der Waals surface area contributed by atoms with E-state index in [2.05, 4.69) is 0 Å². The summed E-state index contributed by atoms with van der Waals surface area (Å²) in [5.74, 6) is 0. The summed E-state index contributed by atoms with van der Waals surface area (Å²) in [6.07, 6.45) is -5.24. The fourth-order valence-electron chi connectivity index (χ4n) is 3.38. The Morgan fingerprint density at radius 2 is 0.548 bits per heavy atom. The average molecular weight is 490 g/mol. The summed E-state index contributed by atoms with van der Waals surface area (Å²) >= 11 is 0. The molecule has 0 rings (SSSR count). The summed E-state index contributed by atoms with van der Waals surface area (Å²) in [4.78, 5) is 0. The first kappa shape index (κ1) is 30.8. The van der Waals surface area contributed by atoms with Crippen LogP contribution in [0.4, 0.5) is 39.5 Å². The van der Waals surface area contributed by atoms with Crippen LogP contribution in [0.3, 0.4) is 0 Å². The molecule has 0 N–H and O–H groups in total. The third-order valence-electron chi connectivity index (χ3n) is 5.05. The molecule has 0 nitrogen and oxygen atoms in total. The molecule has 0 fully saturated rings. The largest absolute Gasteiger partial charge is 0.389 e. The molecule has 0 aromatic heterocycles. The second kappa shape index (κ2) is 16.4. The molecule has 0 atom stereocenters. The van der Waals surface area contributed by atoms with Crippen LogP contribution in [0, 0.1) is 0 Å². The van der Waals surface area contributed by atoms with Gasteiger partial charge in [0.1, 0.15) is 0 Å². The van der Waals surface area contributed by atoms with E-state index < -0.39 is 37.8 Å². The Morgan fingerprint density at radius 1 is 0.323 bits per heavy atom. The highest BCUT2D eigenvalue weighted by molar-refractivity contribution is 7.57. The minimum Gasteiger partial charge on any atom is -0.171 e. The van der Waals surface area contributed by atoms with Crippen molar-refractivity contribution in [2.24, 2.45) is 0 Å². The molecule has 0 bridgehead atoms. The van der Waals surface area contributed by atoms with Crippen molar-refractivity contribution in [1.82, 2.24) is 0 Å². The van der Waals surface area contributed by atoms with Crippen LogP contribution in [0.5, 0.6) is 0 Å². The second-order valence-electron chi connectivity index (χ2n) is 8.18. The fraction of sp³-hybridized carbons (Fsp3) is 1.00. The molecule has 0 spiro atoms. The summed E-state index contributed by atoms with van der Waals surface area (Å²) in [6, 6.07) is 0. The monoisotopic (exact) mass is 490 g/mol. The van der Waals surface area contributed by atoms with Crippen LogP contribution in [0.1, 0.15) is 96.3 Å². The van der Waals surface area contributed by atoms with Crippen molar-refractivity contribution in [3.05, 3.63) is 0 Å². The van der Waals surface area contributed by atoms with Crippen LogP contribution in [-0.2, 0) is 0 Å². The Bertz CT molecular complexity index is 355. The normalized spacial score (nSPS) is 13.4. The summed E-state index contributed by atoms with van der Waals surface area (Å²) in [7, 11) is -0.358. The van der Waals surface area contributed by atoms with Gasteiger partial charge >= 0.3 is 18.5 Å². The van der Waals surface area contributed by atoms with Crippen molar-refractivity contribution >= 4 is 7.92 Å². The number of halogens is 9. The first-order valence-electron chi connectivity index (χ1n) is 11.2. The van der Waals surface area contributed by atoms with E-state index in [-0.39, 0.29) is 27.2 Å². The van der Waals surface area contributed by atoms with Crippen LogP contribution in [0.15, 0.2) is 0 Å². The van der Waals surface area contributed by atoms with Gasteiger partial charge in [0.05, 0.1) is 0 Å². The lowest BCUT2D eigenvalue weighted by atomic mass is 10.1. The molecule has 0 amide bonds. The molecule has 0 saturated heterocycles.